The Morgan fingerprint density at radius 2 is 2.05 bits per heavy atom. The lowest BCUT2D eigenvalue weighted by molar-refractivity contribution is 0.0698. The molecule has 0 aliphatic carbocycles. The van der Waals surface area contributed by atoms with Crippen molar-refractivity contribution >= 4 is 17.7 Å². The largest absolute Gasteiger partial charge is 0.478 e. The minimum atomic E-state index is -1.11. The van der Waals surface area contributed by atoms with Crippen LogP contribution >= 0.6 is 0 Å². The molecule has 0 saturated carbocycles. The predicted octanol–water partition coefficient (Wildman–Crippen LogP) is 2.56. The van der Waals surface area contributed by atoms with E-state index in [9.17, 15) is 9.59 Å². The Morgan fingerprint density at radius 1 is 1.33 bits per heavy atom. The summed E-state index contributed by atoms with van der Waals surface area (Å²) in [5.74, 6) is -0.0771. The van der Waals surface area contributed by atoms with Crippen molar-refractivity contribution in [2.24, 2.45) is 0 Å². The number of carboxylic acids is 1. The zero-order valence-electron chi connectivity index (χ0n) is 11.6. The molecule has 0 aliphatic rings. The highest BCUT2D eigenvalue weighted by Gasteiger charge is 2.16. The number of aryl methyl sites for hydroxylation is 1. The fraction of sp³-hybridized carbons (Fsp3) is 0.214. The average Bonchev–Trinajstić information content (AvgIpc) is 2.85. The van der Waals surface area contributed by atoms with Gasteiger partial charge in [-0.2, -0.15) is 0 Å². The number of aromatic nitrogens is 1. The number of anilines is 1. The first kappa shape index (κ1) is 14.6. The summed E-state index contributed by atoms with van der Waals surface area (Å²) in [4.78, 5) is 27.0. The van der Waals surface area contributed by atoms with Crippen LogP contribution in [0, 0.1) is 6.92 Å². The summed E-state index contributed by atoms with van der Waals surface area (Å²) in [7, 11) is 0. The fourth-order valence-electron chi connectivity index (χ4n) is 1.77. The summed E-state index contributed by atoms with van der Waals surface area (Å²) >= 11 is 0. The number of oxazole rings is 1. The van der Waals surface area contributed by atoms with Crippen molar-refractivity contribution in [2.75, 3.05) is 5.32 Å². The van der Waals surface area contributed by atoms with Crippen LogP contribution in [0.4, 0.5) is 10.5 Å². The van der Waals surface area contributed by atoms with Crippen LogP contribution in [-0.2, 0) is 0 Å². The van der Waals surface area contributed by atoms with Gasteiger partial charge >= 0.3 is 12.0 Å². The molecule has 1 atom stereocenters. The summed E-state index contributed by atoms with van der Waals surface area (Å²) in [5.41, 5.74) is 0.241. The van der Waals surface area contributed by atoms with E-state index in [1.165, 1.54) is 12.1 Å². The van der Waals surface area contributed by atoms with E-state index in [1.54, 1.807) is 32.2 Å². The molecule has 7 nitrogen and oxygen atoms in total. The highest BCUT2D eigenvalue weighted by atomic mass is 16.4. The van der Waals surface area contributed by atoms with Gasteiger partial charge in [-0.1, -0.05) is 12.1 Å². The third-order valence-corrected chi connectivity index (χ3v) is 2.76. The lowest BCUT2D eigenvalue weighted by Gasteiger charge is -2.13. The van der Waals surface area contributed by atoms with Crippen molar-refractivity contribution in [1.29, 1.82) is 0 Å². The molecule has 1 aromatic heterocycles. The number of para-hydroxylation sites is 1. The van der Waals surface area contributed by atoms with Crippen molar-refractivity contribution in [3.05, 3.63) is 47.7 Å². The van der Waals surface area contributed by atoms with E-state index in [4.69, 9.17) is 9.52 Å². The Balaban J connectivity index is 2.04. The molecule has 0 aliphatic heterocycles. The van der Waals surface area contributed by atoms with Gasteiger partial charge in [0, 0.05) is 0 Å². The molecular formula is C14H15N3O4. The molecule has 1 unspecified atom stereocenters. The lowest BCUT2D eigenvalue weighted by atomic mass is 10.2. The lowest BCUT2D eigenvalue weighted by Crippen LogP contribution is -2.31. The summed E-state index contributed by atoms with van der Waals surface area (Å²) in [6, 6.07) is 5.19. The molecule has 110 valence electrons. The minimum absolute atomic E-state index is 0.0206. The van der Waals surface area contributed by atoms with E-state index in [0.29, 0.717) is 11.7 Å². The molecule has 0 spiro atoms. The van der Waals surface area contributed by atoms with E-state index in [0.717, 1.165) is 0 Å². The minimum Gasteiger partial charge on any atom is -0.478 e. The van der Waals surface area contributed by atoms with Gasteiger partial charge in [0.2, 0.25) is 5.89 Å². The number of carbonyl (C=O) groups is 2. The number of nitrogens with zero attached hydrogens (tertiary/aromatic N) is 1. The normalized spacial score (nSPS) is 11.7. The van der Waals surface area contributed by atoms with Crippen LogP contribution in [0.25, 0.3) is 0 Å². The maximum absolute atomic E-state index is 11.9. The average molecular weight is 289 g/mol. The van der Waals surface area contributed by atoms with E-state index >= 15 is 0 Å². The molecule has 0 fully saturated rings. The number of aromatic carboxylic acids is 1. The molecule has 0 radical (unpaired) electrons. The molecule has 7 heteroatoms. The molecule has 1 aromatic carbocycles. The van der Waals surface area contributed by atoms with E-state index in [1.807, 2.05) is 0 Å². The smallest absolute Gasteiger partial charge is 0.337 e. The van der Waals surface area contributed by atoms with Gasteiger partial charge in [-0.3, -0.25) is 0 Å². The van der Waals surface area contributed by atoms with Gasteiger partial charge in [-0.05, 0) is 26.0 Å². The molecule has 21 heavy (non-hydrogen) atoms. The van der Waals surface area contributed by atoms with Crippen molar-refractivity contribution in [1.82, 2.24) is 10.3 Å². The van der Waals surface area contributed by atoms with E-state index in [2.05, 4.69) is 15.6 Å². The van der Waals surface area contributed by atoms with Crippen molar-refractivity contribution in [2.45, 2.75) is 19.9 Å². The van der Waals surface area contributed by atoms with Crippen molar-refractivity contribution < 1.29 is 19.1 Å². The van der Waals surface area contributed by atoms with Crippen LogP contribution in [0.15, 0.2) is 34.9 Å². The van der Waals surface area contributed by atoms with Crippen molar-refractivity contribution in [3.8, 4) is 0 Å². The summed E-state index contributed by atoms with van der Waals surface area (Å²) < 4.78 is 5.31. The quantitative estimate of drug-likeness (QED) is 0.802. The molecule has 0 bridgehead atoms. The fourth-order valence-corrected chi connectivity index (χ4v) is 1.77. The molecule has 2 aromatic rings. The first-order chi connectivity index (χ1) is 9.97. The first-order valence-electron chi connectivity index (χ1n) is 6.29. The summed E-state index contributed by atoms with van der Waals surface area (Å²) in [6.45, 7) is 3.47. The van der Waals surface area contributed by atoms with Gasteiger partial charge < -0.3 is 20.2 Å². The van der Waals surface area contributed by atoms with Crippen LogP contribution in [0.3, 0.4) is 0 Å². The number of nitrogens with one attached hydrogen (secondary N) is 2. The van der Waals surface area contributed by atoms with Crippen LogP contribution in [-0.4, -0.2) is 22.1 Å². The number of benzene rings is 1. The summed E-state index contributed by atoms with van der Waals surface area (Å²) in [5, 5.41) is 14.2. The zero-order valence-corrected chi connectivity index (χ0v) is 11.6. The van der Waals surface area contributed by atoms with Crippen LogP contribution < -0.4 is 10.6 Å². The monoisotopic (exact) mass is 289 g/mol. The Bertz CT molecular complexity index is 666. The van der Waals surface area contributed by atoms with Crippen molar-refractivity contribution in [3.63, 3.8) is 0 Å². The number of carbonyl (C=O) groups excluding carboxylic acids is 1. The second-order valence-electron chi connectivity index (χ2n) is 4.48. The molecule has 3 N–H and O–H groups in total. The predicted molar refractivity (Wildman–Crippen MR) is 75.2 cm³/mol. The Morgan fingerprint density at radius 3 is 2.67 bits per heavy atom. The summed E-state index contributed by atoms with van der Waals surface area (Å²) in [6.07, 6.45) is 1.56. The Kier molecular flexibility index (Phi) is 4.22. The second kappa shape index (κ2) is 6.08. The molecule has 1 heterocycles. The standard InChI is InChI=1S/C14H15N3O4/c1-8-7-15-12(21-8)9(2)16-14(20)17-11-6-4-3-5-10(11)13(18)19/h3-7,9H,1-2H3,(H,18,19)(H2,16,17,20). The highest BCUT2D eigenvalue weighted by molar-refractivity contribution is 5.99. The van der Waals surface area contributed by atoms with Gasteiger partial charge in [0.25, 0.3) is 0 Å². The SMILES string of the molecule is Cc1cnc(C(C)NC(=O)Nc2ccccc2C(=O)O)o1. The van der Waals surface area contributed by atoms with Crippen LogP contribution in [0.2, 0.25) is 0 Å². The van der Waals surface area contributed by atoms with Gasteiger partial charge in [-0.25, -0.2) is 14.6 Å². The maximum Gasteiger partial charge on any atom is 0.337 e. The molecule has 2 amide bonds. The van der Waals surface area contributed by atoms with E-state index in [-0.39, 0.29) is 11.3 Å². The molecule has 0 saturated heterocycles. The topological polar surface area (TPSA) is 104 Å². The Labute approximate surface area is 121 Å². The maximum atomic E-state index is 11.9. The van der Waals surface area contributed by atoms with Crippen LogP contribution in [0.1, 0.15) is 35.0 Å². The third kappa shape index (κ3) is 3.59. The van der Waals surface area contributed by atoms with Gasteiger partial charge in [0.05, 0.1) is 17.4 Å². The second-order valence-corrected chi connectivity index (χ2v) is 4.48. The zero-order chi connectivity index (χ0) is 15.4. The van der Waals surface area contributed by atoms with E-state index < -0.39 is 18.0 Å². The van der Waals surface area contributed by atoms with Gasteiger partial charge in [0.15, 0.2) is 0 Å². The number of amides is 2. The number of hydrogen-bond acceptors (Lipinski definition) is 4. The van der Waals surface area contributed by atoms with Gasteiger partial charge in [-0.15, -0.1) is 0 Å². The molecular weight excluding hydrogens is 274 g/mol. The molecule has 2 rings (SSSR count). The number of carboxylic acid groups (broad SMARTS) is 1. The first-order valence-corrected chi connectivity index (χ1v) is 6.29. The van der Waals surface area contributed by atoms with Gasteiger partial charge in [0.1, 0.15) is 11.8 Å². The number of rotatable bonds is 4. The third-order valence-electron chi connectivity index (χ3n) is 2.76. The number of hydrogen-bond donors (Lipinski definition) is 3. The number of urea groups is 1. The Hall–Kier alpha value is -2.83. The highest BCUT2D eigenvalue weighted by Crippen LogP contribution is 2.16. The van der Waals surface area contributed by atoms with Crippen LogP contribution in [0.5, 0.6) is 0 Å².